The lowest BCUT2D eigenvalue weighted by Crippen LogP contribution is -2.36. The van der Waals surface area contributed by atoms with Gasteiger partial charge < -0.3 is 9.64 Å². The Kier molecular flexibility index (Phi) is 8.22. The molecule has 0 spiro atoms. The minimum Gasteiger partial charge on any atom is -0.385 e. The summed E-state index contributed by atoms with van der Waals surface area (Å²) in [7, 11) is -0.0151. The summed E-state index contributed by atoms with van der Waals surface area (Å²) in [5.74, 6) is -0.0748. The van der Waals surface area contributed by atoms with Crippen molar-refractivity contribution in [1.29, 1.82) is 0 Å². The average Bonchev–Trinajstić information content (AvgIpc) is 2.50. The summed E-state index contributed by atoms with van der Waals surface area (Å²) in [4.78, 5) is 13.8. The molecule has 0 saturated carbocycles. The first-order chi connectivity index (χ1) is 10.8. The highest BCUT2D eigenvalue weighted by atomic mass is 32.2. The van der Waals surface area contributed by atoms with Crippen LogP contribution < -0.4 is 0 Å². The van der Waals surface area contributed by atoms with Crippen molar-refractivity contribution in [2.24, 2.45) is 0 Å². The van der Waals surface area contributed by atoms with Crippen LogP contribution in [0.25, 0.3) is 0 Å². The highest BCUT2D eigenvalue weighted by Crippen LogP contribution is 2.06. The minimum absolute atomic E-state index is 0.0748. The Morgan fingerprint density at radius 1 is 1.17 bits per heavy atom. The molecule has 0 bridgehead atoms. The van der Waals surface area contributed by atoms with Crippen LogP contribution in [0.1, 0.15) is 18.4 Å². The molecule has 7 heteroatoms. The van der Waals surface area contributed by atoms with Gasteiger partial charge in [0.25, 0.3) is 0 Å². The largest absolute Gasteiger partial charge is 0.385 e. The molecule has 0 aliphatic carbocycles. The van der Waals surface area contributed by atoms with E-state index in [0.717, 1.165) is 11.8 Å². The van der Waals surface area contributed by atoms with Crippen LogP contribution in [0.4, 0.5) is 0 Å². The normalized spacial score (nSPS) is 11.7. The van der Waals surface area contributed by atoms with Gasteiger partial charge in [-0.2, -0.15) is 0 Å². The van der Waals surface area contributed by atoms with Crippen molar-refractivity contribution < 1.29 is 17.9 Å². The van der Waals surface area contributed by atoms with E-state index < -0.39 is 10.0 Å². The lowest BCUT2D eigenvalue weighted by molar-refractivity contribution is -0.130. The van der Waals surface area contributed by atoms with Gasteiger partial charge in [0.1, 0.15) is 0 Å². The summed E-state index contributed by atoms with van der Waals surface area (Å²) in [6, 6.07) is 9.69. The third-order valence-electron chi connectivity index (χ3n) is 3.49. The van der Waals surface area contributed by atoms with E-state index in [0.29, 0.717) is 26.1 Å². The van der Waals surface area contributed by atoms with E-state index in [9.17, 15) is 13.2 Å². The molecule has 0 aliphatic rings. The third-order valence-corrected chi connectivity index (χ3v) is 4.79. The molecule has 0 aromatic heterocycles. The number of rotatable bonds is 10. The first kappa shape index (κ1) is 19.6. The van der Waals surface area contributed by atoms with Crippen molar-refractivity contribution in [3.8, 4) is 0 Å². The molecule has 1 aromatic carbocycles. The van der Waals surface area contributed by atoms with Gasteiger partial charge in [0.15, 0.2) is 0 Å². The Hall–Kier alpha value is -1.44. The Morgan fingerprint density at radius 3 is 2.39 bits per heavy atom. The van der Waals surface area contributed by atoms with E-state index >= 15 is 0 Å². The fourth-order valence-electron chi connectivity index (χ4n) is 2.19. The number of benzene rings is 1. The molecule has 6 nitrogen and oxygen atoms in total. The summed E-state index contributed by atoms with van der Waals surface area (Å²) in [6.07, 6.45) is 1.94. The molecule has 0 N–H and O–H groups in total. The molecule has 0 fully saturated rings. The summed E-state index contributed by atoms with van der Waals surface area (Å²) in [5, 5.41) is 0. The summed E-state index contributed by atoms with van der Waals surface area (Å²) < 4.78 is 29.8. The summed E-state index contributed by atoms with van der Waals surface area (Å²) in [6.45, 7) is 1.57. The smallest absolute Gasteiger partial charge is 0.223 e. The molecule has 0 unspecified atom stereocenters. The van der Waals surface area contributed by atoms with Gasteiger partial charge in [-0.25, -0.2) is 12.7 Å². The monoisotopic (exact) mass is 342 g/mol. The molecule has 0 heterocycles. The number of hydrogen-bond donors (Lipinski definition) is 0. The van der Waals surface area contributed by atoms with Crippen molar-refractivity contribution in [1.82, 2.24) is 9.21 Å². The number of carbonyl (C=O) groups excluding carboxylic acids is 1. The molecule has 1 aromatic rings. The van der Waals surface area contributed by atoms with Crippen LogP contribution in [-0.4, -0.2) is 63.6 Å². The van der Waals surface area contributed by atoms with E-state index in [1.807, 2.05) is 30.3 Å². The fourth-order valence-corrected chi connectivity index (χ4v) is 3.07. The zero-order valence-electron chi connectivity index (χ0n) is 14.1. The van der Waals surface area contributed by atoms with E-state index in [1.54, 1.807) is 19.1 Å². The zero-order chi connectivity index (χ0) is 17.3. The maximum atomic E-state index is 12.2. The number of hydrogen-bond acceptors (Lipinski definition) is 4. The SMILES string of the molecule is COCCCN(CCC(=O)N(C)Cc1ccccc1)S(C)(=O)=O. The van der Waals surface area contributed by atoms with Crippen LogP contribution in [0.2, 0.25) is 0 Å². The topological polar surface area (TPSA) is 66.9 Å². The van der Waals surface area contributed by atoms with Gasteiger partial charge in [0.05, 0.1) is 6.26 Å². The van der Waals surface area contributed by atoms with Crippen LogP contribution in [0.5, 0.6) is 0 Å². The van der Waals surface area contributed by atoms with Crippen molar-refractivity contribution >= 4 is 15.9 Å². The maximum Gasteiger partial charge on any atom is 0.223 e. The molecule has 1 amide bonds. The second kappa shape index (κ2) is 9.64. The van der Waals surface area contributed by atoms with Gasteiger partial charge in [-0.15, -0.1) is 0 Å². The van der Waals surface area contributed by atoms with Gasteiger partial charge in [-0.3, -0.25) is 4.79 Å². The van der Waals surface area contributed by atoms with E-state index in [2.05, 4.69) is 0 Å². The molecular weight excluding hydrogens is 316 g/mol. The quantitative estimate of drug-likeness (QED) is 0.602. The number of ether oxygens (including phenoxy) is 1. The second-order valence-electron chi connectivity index (χ2n) is 5.49. The molecule has 130 valence electrons. The second-order valence-corrected chi connectivity index (χ2v) is 7.48. The highest BCUT2D eigenvalue weighted by Gasteiger charge is 2.18. The lowest BCUT2D eigenvalue weighted by Gasteiger charge is -2.22. The van der Waals surface area contributed by atoms with Crippen molar-refractivity contribution in [3.05, 3.63) is 35.9 Å². The first-order valence-corrected chi connectivity index (χ1v) is 9.41. The first-order valence-electron chi connectivity index (χ1n) is 7.56. The molecule has 0 atom stereocenters. The Morgan fingerprint density at radius 2 is 1.83 bits per heavy atom. The van der Waals surface area contributed by atoms with Crippen LogP contribution in [0, 0.1) is 0 Å². The fraction of sp³-hybridized carbons (Fsp3) is 0.562. The zero-order valence-corrected chi connectivity index (χ0v) is 14.9. The number of nitrogens with zero attached hydrogens (tertiary/aromatic N) is 2. The van der Waals surface area contributed by atoms with E-state index in [-0.39, 0.29) is 18.9 Å². The van der Waals surface area contributed by atoms with Gasteiger partial charge in [-0.05, 0) is 12.0 Å². The summed E-state index contributed by atoms with van der Waals surface area (Å²) in [5.41, 5.74) is 1.04. The van der Waals surface area contributed by atoms with Crippen LogP contribution in [-0.2, 0) is 26.1 Å². The number of amides is 1. The number of methoxy groups -OCH3 is 1. The average molecular weight is 342 g/mol. The van der Waals surface area contributed by atoms with E-state index in [4.69, 9.17) is 4.74 Å². The van der Waals surface area contributed by atoms with E-state index in [1.165, 1.54) is 4.31 Å². The van der Waals surface area contributed by atoms with Crippen LogP contribution in [0.15, 0.2) is 30.3 Å². The molecule has 1 rings (SSSR count). The number of carbonyl (C=O) groups is 1. The number of sulfonamides is 1. The molecule has 0 aliphatic heterocycles. The molecule has 23 heavy (non-hydrogen) atoms. The predicted molar refractivity (Wildman–Crippen MR) is 90.4 cm³/mol. The molecule has 0 radical (unpaired) electrons. The molecule has 0 saturated heterocycles. The van der Waals surface area contributed by atoms with Crippen molar-refractivity contribution in [2.75, 3.05) is 40.1 Å². The molecular formula is C16H26N2O4S. The standard InChI is InChI=1S/C16H26N2O4S/c1-17(14-15-8-5-4-6-9-15)16(19)10-12-18(23(3,20)21)11-7-13-22-2/h4-6,8-9H,7,10-14H2,1-3H3. The van der Waals surface area contributed by atoms with Crippen LogP contribution in [0.3, 0.4) is 0 Å². The van der Waals surface area contributed by atoms with Gasteiger partial charge >= 0.3 is 0 Å². The van der Waals surface area contributed by atoms with Crippen molar-refractivity contribution in [3.63, 3.8) is 0 Å². The van der Waals surface area contributed by atoms with Crippen molar-refractivity contribution in [2.45, 2.75) is 19.4 Å². The predicted octanol–water partition coefficient (Wildman–Crippen LogP) is 1.33. The minimum atomic E-state index is -3.32. The highest BCUT2D eigenvalue weighted by molar-refractivity contribution is 7.88. The summed E-state index contributed by atoms with van der Waals surface area (Å²) >= 11 is 0. The van der Waals surface area contributed by atoms with Crippen LogP contribution >= 0.6 is 0 Å². The van der Waals surface area contributed by atoms with Gasteiger partial charge in [0.2, 0.25) is 15.9 Å². The maximum absolute atomic E-state index is 12.2. The Labute approximate surface area is 139 Å². The Balaban J connectivity index is 2.50. The lowest BCUT2D eigenvalue weighted by atomic mass is 10.2. The van der Waals surface area contributed by atoms with Gasteiger partial charge in [-0.1, -0.05) is 30.3 Å². The Bertz CT molecular complexity index is 575. The third kappa shape index (κ3) is 7.58. The van der Waals surface area contributed by atoms with Gasteiger partial charge in [0, 0.05) is 46.8 Å².